The van der Waals surface area contributed by atoms with Crippen molar-refractivity contribution < 1.29 is 14.6 Å². The van der Waals surface area contributed by atoms with Gasteiger partial charge in [0.1, 0.15) is 5.69 Å². The summed E-state index contributed by atoms with van der Waals surface area (Å²) in [5, 5.41) is 15.1. The number of nitro benzene ring substituents is 1. The van der Waals surface area contributed by atoms with Crippen molar-refractivity contribution in [2.75, 3.05) is 19.5 Å². The number of hydrogen-bond donors (Lipinski definition) is 1. The number of rotatable bonds is 5. The number of amides is 1. The van der Waals surface area contributed by atoms with E-state index >= 15 is 0 Å². The van der Waals surface area contributed by atoms with Crippen molar-refractivity contribution in [1.82, 2.24) is 5.06 Å². The highest BCUT2D eigenvalue weighted by Gasteiger charge is 2.26. The Hall–Kier alpha value is -2.15. The molecule has 0 bridgehead atoms. The Kier molecular flexibility index (Phi) is 3.66. The first kappa shape index (κ1) is 13.3. The first-order valence-corrected chi connectivity index (χ1v) is 5.90. The highest BCUT2D eigenvalue weighted by Crippen LogP contribution is 2.31. The van der Waals surface area contributed by atoms with Crippen molar-refractivity contribution in [2.24, 2.45) is 0 Å². The Morgan fingerprint density at radius 2 is 2.21 bits per heavy atom. The van der Waals surface area contributed by atoms with Crippen molar-refractivity contribution in [3.8, 4) is 0 Å². The molecule has 0 heterocycles. The zero-order chi connectivity index (χ0) is 14.0. The molecule has 0 aliphatic heterocycles. The molecular formula is C12H15N3O4. The Balaban J connectivity index is 2.29. The van der Waals surface area contributed by atoms with Gasteiger partial charge in [-0.1, -0.05) is 0 Å². The molecule has 1 aromatic carbocycles. The minimum absolute atomic E-state index is 0.0951. The summed E-state index contributed by atoms with van der Waals surface area (Å²) in [6.45, 7) is 0. The zero-order valence-corrected chi connectivity index (χ0v) is 10.8. The number of hydroxylamine groups is 2. The number of carbonyl (C=O) groups is 1. The number of carbonyl (C=O) groups excluding carboxylic acids is 1. The topological polar surface area (TPSA) is 84.7 Å². The largest absolute Gasteiger partial charge is 0.377 e. The van der Waals surface area contributed by atoms with E-state index in [-0.39, 0.29) is 11.3 Å². The average Bonchev–Trinajstić information content (AvgIpc) is 3.21. The molecule has 1 aromatic rings. The first-order chi connectivity index (χ1) is 9.02. The number of hydrogen-bond acceptors (Lipinski definition) is 5. The molecule has 1 saturated carbocycles. The van der Waals surface area contributed by atoms with E-state index in [9.17, 15) is 14.9 Å². The number of anilines is 1. The second-order valence-electron chi connectivity index (χ2n) is 4.39. The standard InChI is InChI=1S/C12H15N3O4/c1-14(19-2)12(16)8-3-6-10(13-9-4-5-9)11(7-8)15(17)18/h3,6-7,9,13H,4-5H2,1-2H3. The molecule has 1 aliphatic rings. The zero-order valence-electron chi connectivity index (χ0n) is 10.8. The number of nitro groups is 1. The van der Waals surface area contributed by atoms with E-state index in [1.807, 2.05) is 0 Å². The molecule has 0 aromatic heterocycles. The fourth-order valence-electron chi connectivity index (χ4n) is 1.65. The van der Waals surface area contributed by atoms with E-state index in [4.69, 9.17) is 4.84 Å². The molecule has 0 unspecified atom stereocenters. The second kappa shape index (κ2) is 5.23. The van der Waals surface area contributed by atoms with Gasteiger partial charge in [-0.3, -0.25) is 19.7 Å². The molecule has 7 nitrogen and oxygen atoms in total. The predicted octanol–water partition coefficient (Wildman–Crippen LogP) is 1.80. The number of nitrogens with one attached hydrogen (secondary N) is 1. The molecule has 1 fully saturated rings. The Bertz CT molecular complexity index is 514. The lowest BCUT2D eigenvalue weighted by Gasteiger charge is -2.14. The third kappa shape index (κ3) is 3.00. The molecule has 0 atom stereocenters. The van der Waals surface area contributed by atoms with Gasteiger partial charge in [0.25, 0.3) is 11.6 Å². The van der Waals surface area contributed by atoms with Crippen molar-refractivity contribution in [1.29, 1.82) is 0 Å². The minimum atomic E-state index is -0.492. The molecule has 0 radical (unpaired) electrons. The summed E-state index contributed by atoms with van der Waals surface area (Å²) < 4.78 is 0. The van der Waals surface area contributed by atoms with E-state index in [1.54, 1.807) is 12.1 Å². The van der Waals surface area contributed by atoms with Crippen LogP contribution in [0.15, 0.2) is 18.2 Å². The van der Waals surface area contributed by atoms with Crippen LogP contribution in [0.25, 0.3) is 0 Å². The van der Waals surface area contributed by atoms with E-state index in [0.717, 1.165) is 17.9 Å². The summed E-state index contributed by atoms with van der Waals surface area (Å²) in [5.41, 5.74) is 0.573. The van der Waals surface area contributed by atoms with Gasteiger partial charge < -0.3 is 5.32 Å². The van der Waals surface area contributed by atoms with Crippen LogP contribution in [0.3, 0.4) is 0 Å². The van der Waals surface area contributed by atoms with Crippen LogP contribution >= 0.6 is 0 Å². The summed E-state index contributed by atoms with van der Waals surface area (Å²) >= 11 is 0. The van der Waals surface area contributed by atoms with E-state index in [2.05, 4.69) is 5.32 Å². The Labute approximate surface area is 110 Å². The van der Waals surface area contributed by atoms with Gasteiger partial charge in [0.2, 0.25) is 0 Å². The average molecular weight is 265 g/mol. The summed E-state index contributed by atoms with van der Waals surface area (Å²) in [5.74, 6) is -0.427. The van der Waals surface area contributed by atoms with Crippen LogP contribution in [0.4, 0.5) is 11.4 Å². The van der Waals surface area contributed by atoms with Crippen LogP contribution in [0, 0.1) is 10.1 Å². The van der Waals surface area contributed by atoms with Gasteiger partial charge >= 0.3 is 0 Å². The van der Waals surface area contributed by atoms with Gasteiger partial charge in [-0.05, 0) is 25.0 Å². The molecule has 1 N–H and O–H groups in total. The van der Waals surface area contributed by atoms with Crippen LogP contribution in [0.5, 0.6) is 0 Å². The first-order valence-electron chi connectivity index (χ1n) is 5.90. The quantitative estimate of drug-likeness (QED) is 0.648. The monoisotopic (exact) mass is 265 g/mol. The molecule has 1 aliphatic carbocycles. The number of benzene rings is 1. The molecule has 102 valence electrons. The predicted molar refractivity (Wildman–Crippen MR) is 68.8 cm³/mol. The number of nitrogens with zero attached hydrogens (tertiary/aromatic N) is 2. The van der Waals surface area contributed by atoms with Crippen LogP contribution in [0.2, 0.25) is 0 Å². The molecule has 1 amide bonds. The van der Waals surface area contributed by atoms with Gasteiger partial charge in [0, 0.05) is 24.7 Å². The SMILES string of the molecule is CON(C)C(=O)c1ccc(NC2CC2)c([N+](=O)[O-])c1. The maximum atomic E-state index is 11.9. The summed E-state index contributed by atoms with van der Waals surface area (Å²) in [7, 11) is 2.81. The van der Waals surface area contributed by atoms with Gasteiger partial charge in [-0.15, -0.1) is 0 Å². The molecule has 0 spiro atoms. The summed E-state index contributed by atoms with van der Waals surface area (Å²) in [6.07, 6.45) is 2.04. The molecule has 2 rings (SSSR count). The van der Waals surface area contributed by atoms with Crippen LogP contribution < -0.4 is 5.32 Å². The van der Waals surface area contributed by atoms with Gasteiger partial charge in [-0.25, -0.2) is 5.06 Å². The van der Waals surface area contributed by atoms with E-state index in [0.29, 0.717) is 11.7 Å². The lowest BCUT2D eigenvalue weighted by molar-refractivity contribution is -0.384. The lowest BCUT2D eigenvalue weighted by Crippen LogP contribution is -2.25. The van der Waals surface area contributed by atoms with Crippen molar-refractivity contribution in [3.63, 3.8) is 0 Å². The third-order valence-corrected chi connectivity index (χ3v) is 2.94. The normalized spacial score (nSPS) is 14.0. The molecule has 19 heavy (non-hydrogen) atoms. The fourth-order valence-corrected chi connectivity index (χ4v) is 1.65. The molecule has 0 saturated heterocycles. The van der Waals surface area contributed by atoms with Crippen molar-refractivity contribution in [3.05, 3.63) is 33.9 Å². The molecule has 7 heteroatoms. The highest BCUT2D eigenvalue weighted by molar-refractivity contribution is 5.95. The van der Waals surface area contributed by atoms with Gasteiger partial charge in [-0.2, -0.15) is 0 Å². The molecular weight excluding hydrogens is 250 g/mol. The third-order valence-electron chi connectivity index (χ3n) is 2.94. The van der Waals surface area contributed by atoms with Crippen molar-refractivity contribution >= 4 is 17.3 Å². The van der Waals surface area contributed by atoms with E-state index in [1.165, 1.54) is 20.2 Å². The fraction of sp³-hybridized carbons (Fsp3) is 0.417. The summed E-state index contributed by atoms with van der Waals surface area (Å²) in [4.78, 5) is 27.2. The lowest BCUT2D eigenvalue weighted by atomic mass is 10.1. The Morgan fingerprint density at radius 3 is 2.74 bits per heavy atom. The second-order valence-corrected chi connectivity index (χ2v) is 4.39. The minimum Gasteiger partial charge on any atom is -0.377 e. The maximum Gasteiger partial charge on any atom is 0.293 e. The van der Waals surface area contributed by atoms with Gasteiger partial charge in [0.15, 0.2) is 0 Å². The van der Waals surface area contributed by atoms with Crippen molar-refractivity contribution in [2.45, 2.75) is 18.9 Å². The maximum absolute atomic E-state index is 11.9. The van der Waals surface area contributed by atoms with Gasteiger partial charge in [0.05, 0.1) is 12.0 Å². The van der Waals surface area contributed by atoms with Crippen LogP contribution in [-0.2, 0) is 4.84 Å². The smallest absolute Gasteiger partial charge is 0.293 e. The Morgan fingerprint density at radius 1 is 1.53 bits per heavy atom. The van der Waals surface area contributed by atoms with Crippen LogP contribution in [0.1, 0.15) is 23.2 Å². The van der Waals surface area contributed by atoms with Crippen LogP contribution in [-0.4, -0.2) is 36.1 Å². The highest BCUT2D eigenvalue weighted by atomic mass is 16.7. The summed E-state index contributed by atoms with van der Waals surface area (Å²) in [6, 6.07) is 4.69. The van der Waals surface area contributed by atoms with E-state index < -0.39 is 10.8 Å².